The molecule has 1 spiro atoms. The average molecular weight is 266 g/mol. The van der Waals surface area contributed by atoms with Gasteiger partial charge in [0.2, 0.25) is 0 Å². The fourth-order valence-corrected chi connectivity index (χ4v) is 3.65. The van der Waals surface area contributed by atoms with E-state index in [4.69, 9.17) is 9.47 Å². The molecule has 2 aromatic carbocycles. The van der Waals surface area contributed by atoms with Gasteiger partial charge in [0, 0.05) is 12.0 Å². The molecule has 1 atom stereocenters. The number of hydrogen-bond acceptors (Lipinski definition) is 2. The standard InChI is InChI=1S/C18H18O2/c1-19-15-8-9-17-14(11-15)12-18(20-17)10-4-6-13-5-2-3-7-16(13)18/h2-3,5,7-9,11H,4,6,10,12H2,1H3. The summed E-state index contributed by atoms with van der Waals surface area (Å²) in [5.41, 5.74) is 3.93. The minimum absolute atomic E-state index is 0.149. The summed E-state index contributed by atoms with van der Waals surface area (Å²) in [7, 11) is 1.71. The summed E-state index contributed by atoms with van der Waals surface area (Å²) in [6.45, 7) is 0. The van der Waals surface area contributed by atoms with Crippen molar-refractivity contribution < 1.29 is 9.47 Å². The van der Waals surface area contributed by atoms with Crippen molar-refractivity contribution in [3.8, 4) is 11.5 Å². The molecule has 2 heteroatoms. The molecule has 20 heavy (non-hydrogen) atoms. The largest absolute Gasteiger partial charge is 0.497 e. The second-order valence-electron chi connectivity index (χ2n) is 5.76. The Morgan fingerprint density at radius 3 is 2.90 bits per heavy atom. The molecule has 0 saturated heterocycles. The Kier molecular flexibility index (Phi) is 2.53. The van der Waals surface area contributed by atoms with Crippen LogP contribution in [-0.4, -0.2) is 7.11 Å². The number of methoxy groups -OCH3 is 1. The predicted octanol–water partition coefficient (Wildman–Crippen LogP) is 3.86. The van der Waals surface area contributed by atoms with Gasteiger partial charge in [-0.3, -0.25) is 0 Å². The lowest BCUT2D eigenvalue weighted by atomic mass is 9.77. The van der Waals surface area contributed by atoms with Gasteiger partial charge in [-0.25, -0.2) is 0 Å². The maximum absolute atomic E-state index is 6.41. The van der Waals surface area contributed by atoms with E-state index >= 15 is 0 Å². The molecule has 1 aliphatic carbocycles. The zero-order valence-electron chi connectivity index (χ0n) is 11.7. The van der Waals surface area contributed by atoms with Crippen LogP contribution in [-0.2, 0) is 18.4 Å². The third-order valence-electron chi connectivity index (χ3n) is 4.58. The van der Waals surface area contributed by atoms with Crippen molar-refractivity contribution in [1.82, 2.24) is 0 Å². The van der Waals surface area contributed by atoms with Crippen LogP contribution in [0.2, 0.25) is 0 Å². The number of benzene rings is 2. The van der Waals surface area contributed by atoms with Gasteiger partial charge in [-0.1, -0.05) is 24.3 Å². The molecule has 0 radical (unpaired) electrons. The lowest BCUT2D eigenvalue weighted by Crippen LogP contribution is -2.35. The first kappa shape index (κ1) is 11.8. The van der Waals surface area contributed by atoms with Gasteiger partial charge >= 0.3 is 0 Å². The van der Waals surface area contributed by atoms with Gasteiger partial charge < -0.3 is 9.47 Å². The molecule has 0 saturated carbocycles. The molecular formula is C18H18O2. The molecule has 0 amide bonds. The molecule has 1 unspecified atom stereocenters. The third kappa shape index (κ3) is 1.64. The van der Waals surface area contributed by atoms with Crippen LogP contribution in [0.5, 0.6) is 11.5 Å². The third-order valence-corrected chi connectivity index (χ3v) is 4.58. The lowest BCUT2D eigenvalue weighted by Gasteiger charge is -2.35. The first-order valence-electron chi connectivity index (χ1n) is 7.25. The molecule has 2 aromatic rings. The monoisotopic (exact) mass is 266 g/mol. The van der Waals surface area contributed by atoms with Crippen LogP contribution >= 0.6 is 0 Å². The molecule has 0 bridgehead atoms. The van der Waals surface area contributed by atoms with Crippen molar-refractivity contribution in [2.75, 3.05) is 7.11 Å². The second kappa shape index (κ2) is 4.27. The molecule has 102 valence electrons. The zero-order chi connectivity index (χ0) is 13.6. The Hall–Kier alpha value is -1.96. The molecule has 1 aliphatic heterocycles. The van der Waals surface area contributed by atoms with Gasteiger partial charge in [0.15, 0.2) is 0 Å². The summed E-state index contributed by atoms with van der Waals surface area (Å²) < 4.78 is 11.7. The predicted molar refractivity (Wildman–Crippen MR) is 78.4 cm³/mol. The molecule has 2 aliphatic rings. The summed E-state index contributed by atoms with van der Waals surface area (Å²) in [6.07, 6.45) is 4.42. The van der Waals surface area contributed by atoms with Crippen molar-refractivity contribution in [2.24, 2.45) is 0 Å². The molecule has 0 aromatic heterocycles. The summed E-state index contributed by atoms with van der Waals surface area (Å²) in [5, 5.41) is 0. The van der Waals surface area contributed by atoms with Crippen molar-refractivity contribution in [2.45, 2.75) is 31.3 Å². The van der Waals surface area contributed by atoms with E-state index in [1.54, 1.807) is 7.11 Å². The highest BCUT2D eigenvalue weighted by Crippen LogP contribution is 2.48. The minimum atomic E-state index is -0.149. The van der Waals surface area contributed by atoms with Crippen LogP contribution in [0.15, 0.2) is 42.5 Å². The van der Waals surface area contributed by atoms with Gasteiger partial charge in [0.25, 0.3) is 0 Å². The van der Waals surface area contributed by atoms with E-state index in [-0.39, 0.29) is 5.60 Å². The number of fused-ring (bicyclic) bond motifs is 3. The smallest absolute Gasteiger partial charge is 0.138 e. The molecule has 1 heterocycles. The van der Waals surface area contributed by atoms with E-state index in [1.807, 2.05) is 12.1 Å². The van der Waals surface area contributed by atoms with Gasteiger partial charge in [-0.2, -0.15) is 0 Å². The Morgan fingerprint density at radius 1 is 1.10 bits per heavy atom. The van der Waals surface area contributed by atoms with Crippen LogP contribution in [0.3, 0.4) is 0 Å². The topological polar surface area (TPSA) is 18.5 Å². The van der Waals surface area contributed by atoms with E-state index in [1.165, 1.54) is 29.5 Å². The molecule has 2 nitrogen and oxygen atoms in total. The van der Waals surface area contributed by atoms with Crippen LogP contribution in [0.4, 0.5) is 0 Å². The zero-order valence-corrected chi connectivity index (χ0v) is 11.7. The average Bonchev–Trinajstić information content (AvgIpc) is 2.85. The highest BCUT2D eigenvalue weighted by Gasteiger charge is 2.43. The van der Waals surface area contributed by atoms with Crippen LogP contribution in [0.1, 0.15) is 29.5 Å². The SMILES string of the molecule is COc1ccc2c(c1)CC1(CCCc3ccccc31)O2. The maximum atomic E-state index is 6.41. The lowest BCUT2D eigenvalue weighted by molar-refractivity contribution is 0.0724. The van der Waals surface area contributed by atoms with Gasteiger partial charge in [-0.05, 0) is 48.6 Å². The minimum Gasteiger partial charge on any atom is -0.497 e. The Balaban J connectivity index is 1.79. The fraction of sp³-hybridized carbons (Fsp3) is 0.333. The van der Waals surface area contributed by atoms with Crippen molar-refractivity contribution in [3.63, 3.8) is 0 Å². The number of hydrogen-bond donors (Lipinski definition) is 0. The van der Waals surface area contributed by atoms with Gasteiger partial charge in [0.1, 0.15) is 17.1 Å². The van der Waals surface area contributed by atoms with Crippen LogP contribution in [0.25, 0.3) is 0 Å². The Bertz CT molecular complexity index is 662. The highest BCUT2D eigenvalue weighted by atomic mass is 16.5. The Morgan fingerprint density at radius 2 is 2.00 bits per heavy atom. The van der Waals surface area contributed by atoms with Crippen molar-refractivity contribution in [1.29, 1.82) is 0 Å². The first-order valence-corrected chi connectivity index (χ1v) is 7.25. The number of rotatable bonds is 1. The maximum Gasteiger partial charge on any atom is 0.138 e. The summed E-state index contributed by atoms with van der Waals surface area (Å²) in [4.78, 5) is 0. The summed E-state index contributed by atoms with van der Waals surface area (Å²) >= 11 is 0. The molecule has 0 fully saturated rings. The highest BCUT2D eigenvalue weighted by molar-refractivity contribution is 5.48. The summed E-state index contributed by atoms with van der Waals surface area (Å²) in [5.74, 6) is 1.93. The van der Waals surface area contributed by atoms with Crippen LogP contribution < -0.4 is 9.47 Å². The van der Waals surface area contributed by atoms with E-state index in [9.17, 15) is 0 Å². The first-order chi connectivity index (χ1) is 9.81. The fourth-order valence-electron chi connectivity index (χ4n) is 3.65. The molecule has 4 rings (SSSR count). The van der Waals surface area contributed by atoms with E-state index < -0.39 is 0 Å². The number of aryl methyl sites for hydroxylation is 1. The van der Waals surface area contributed by atoms with E-state index in [2.05, 4.69) is 30.3 Å². The normalized spacial score (nSPS) is 23.1. The molecular weight excluding hydrogens is 248 g/mol. The van der Waals surface area contributed by atoms with E-state index in [0.29, 0.717) is 0 Å². The van der Waals surface area contributed by atoms with Crippen molar-refractivity contribution in [3.05, 3.63) is 59.2 Å². The van der Waals surface area contributed by atoms with Crippen molar-refractivity contribution >= 4 is 0 Å². The van der Waals surface area contributed by atoms with Crippen LogP contribution in [0, 0.1) is 0 Å². The van der Waals surface area contributed by atoms with Gasteiger partial charge in [0.05, 0.1) is 7.11 Å². The molecule has 0 N–H and O–H groups in total. The van der Waals surface area contributed by atoms with E-state index in [0.717, 1.165) is 24.3 Å². The second-order valence-corrected chi connectivity index (χ2v) is 5.76. The van der Waals surface area contributed by atoms with Gasteiger partial charge in [-0.15, -0.1) is 0 Å². The summed E-state index contributed by atoms with van der Waals surface area (Å²) in [6, 6.07) is 14.9. The quantitative estimate of drug-likeness (QED) is 0.780. The number of ether oxygens (including phenoxy) is 2. The Labute approximate surface area is 119 Å².